The van der Waals surface area contributed by atoms with E-state index in [1.807, 2.05) is 0 Å². The van der Waals surface area contributed by atoms with Gasteiger partial charge in [0.25, 0.3) is 0 Å². The van der Waals surface area contributed by atoms with Crippen LogP contribution in [-0.4, -0.2) is 34.9 Å². The number of nitrogens with one attached hydrogen (secondary N) is 1. The zero-order valence-electron chi connectivity index (χ0n) is 10.9. The Morgan fingerprint density at radius 1 is 1.38 bits per heavy atom. The summed E-state index contributed by atoms with van der Waals surface area (Å²) in [7, 11) is 0. The minimum atomic E-state index is -4.40. The van der Waals surface area contributed by atoms with E-state index in [2.05, 4.69) is 5.32 Å². The number of hydrogen-bond acceptors (Lipinski definition) is 3. The first-order valence-electron chi connectivity index (χ1n) is 6.14. The molecular weight excluding hydrogens is 305 g/mol. The van der Waals surface area contributed by atoms with Crippen molar-refractivity contribution in [3.63, 3.8) is 0 Å². The van der Waals surface area contributed by atoms with Gasteiger partial charge in [0.15, 0.2) is 0 Å². The maximum atomic E-state index is 12.5. The quantitative estimate of drug-likeness (QED) is 0.922. The summed E-state index contributed by atoms with van der Waals surface area (Å²) in [5, 5.41) is 2.52. The average Bonchev–Trinajstić information content (AvgIpc) is 2.81. The number of amides is 2. The fourth-order valence-corrected chi connectivity index (χ4v) is 2.73. The number of nitrogens with zero attached hydrogens (tertiary/aromatic N) is 1. The zero-order chi connectivity index (χ0) is 15.5. The number of hydrogen-bond donors (Lipinski definition) is 1. The summed E-state index contributed by atoms with van der Waals surface area (Å²) in [6.45, 7) is -0.0667. The number of carbonyl (C=O) groups excluding carboxylic acids is 2. The molecule has 1 aliphatic heterocycles. The number of alkyl halides is 3. The van der Waals surface area contributed by atoms with Crippen molar-refractivity contribution in [3.8, 4) is 0 Å². The Kier molecular flexibility index (Phi) is 4.76. The van der Waals surface area contributed by atoms with Crippen LogP contribution < -0.4 is 5.32 Å². The molecule has 0 saturated carbocycles. The van der Waals surface area contributed by atoms with Crippen LogP contribution in [0.5, 0.6) is 0 Å². The van der Waals surface area contributed by atoms with Gasteiger partial charge in [-0.25, -0.2) is 0 Å². The Morgan fingerprint density at radius 3 is 2.76 bits per heavy atom. The number of benzene rings is 1. The topological polar surface area (TPSA) is 49.4 Å². The Labute approximate surface area is 123 Å². The predicted octanol–water partition coefficient (Wildman–Crippen LogP) is 1.85. The standard InChI is InChI=1S/C13H13F3N2O2S/c14-13(15,16)10-3-1-2-9(4-10)5-17-11(19)6-18-8-21-7-12(18)20/h1-4H,5-8H2,(H,17,19). The smallest absolute Gasteiger partial charge is 0.350 e. The van der Waals surface area contributed by atoms with Gasteiger partial charge < -0.3 is 10.2 Å². The van der Waals surface area contributed by atoms with Crippen LogP contribution in [0.4, 0.5) is 13.2 Å². The van der Waals surface area contributed by atoms with E-state index in [4.69, 9.17) is 0 Å². The lowest BCUT2D eigenvalue weighted by Crippen LogP contribution is -2.37. The lowest BCUT2D eigenvalue weighted by Gasteiger charge is -2.14. The Hall–Kier alpha value is -1.70. The second-order valence-corrected chi connectivity index (χ2v) is 5.50. The molecule has 1 saturated heterocycles. The summed E-state index contributed by atoms with van der Waals surface area (Å²) >= 11 is 1.42. The van der Waals surface area contributed by atoms with Crippen LogP contribution in [0, 0.1) is 0 Å². The van der Waals surface area contributed by atoms with Gasteiger partial charge in [-0.1, -0.05) is 12.1 Å². The lowest BCUT2D eigenvalue weighted by molar-refractivity contribution is -0.137. The van der Waals surface area contributed by atoms with E-state index in [1.165, 1.54) is 28.8 Å². The van der Waals surface area contributed by atoms with Crippen molar-refractivity contribution in [1.29, 1.82) is 0 Å². The van der Waals surface area contributed by atoms with Gasteiger partial charge in [-0.05, 0) is 17.7 Å². The number of halogens is 3. The van der Waals surface area contributed by atoms with Gasteiger partial charge in [-0.2, -0.15) is 13.2 Å². The van der Waals surface area contributed by atoms with Gasteiger partial charge in [0.2, 0.25) is 11.8 Å². The molecule has 0 bridgehead atoms. The van der Waals surface area contributed by atoms with E-state index < -0.39 is 11.7 Å². The van der Waals surface area contributed by atoms with Crippen molar-refractivity contribution in [2.45, 2.75) is 12.7 Å². The fourth-order valence-electron chi connectivity index (χ4n) is 1.83. The lowest BCUT2D eigenvalue weighted by atomic mass is 10.1. The summed E-state index contributed by atoms with van der Waals surface area (Å²) in [6, 6.07) is 4.78. The maximum Gasteiger partial charge on any atom is 0.416 e. The first-order chi connectivity index (χ1) is 9.86. The SMILES string of the molecule is O=C(CN1CSCC1=O)NCc1cccc(C(F)(F)F)c1. The van der Waals surface area contributed by atoms with Gasteiger partial charge in [-0.15, -0.1) is 11.8 Å². The molecule has 0 aliphatic carbocycles. The third-order valence-electron chi connectivity index (χ3n) is 2.90. The molecule has 1 N–H and O–H groups in total. The Bertz CT molecular complexity index is 548. The molecule has 2 amide bonds. The zero-order valence-corrected chi connectivity index (χ0v) is 11.8. The molecule has 1 heterocycles. The molecule has 2 rings (SSSR count). The number of thioether (sulfide) groups is 1. The molecule has 8 heteroatoms. The minimum Gasteiger partial charge on any atom is -0.350 e. The van der Waals surface area contributed by atoms with Gasteiger partial charge >= 0.3 is 6.18 Å². The highest BCUT2D eigenvalue weighted by Gasteiger charge is 2.30. The molecule has 0 atom stereocenters. The molecule has 1 aromatic rings. The van der Waals surface area contributed by atoms with E-state index >= 15 is 0 Å². The number of rotatable bonds is 4. The fraction of sp³-hybridized carbons (Fsp3) is 0.385. The molecule has 0 radical (unpaired) electrons. The first-order valence-corrected chi connectivity index (χ1v) is 7.30. The third kappa shape index (κ3) is 4.38. The molecular formula is C13H13F3N2O2S. The molecule has 114 valence electrons. The van der Waals surface area contributed by atoms with E-state index in [1.54, 1.807) is 0 Å². The van der Waals surface area contributed by atoms with Crippen LogP contribution in [0.1, 0.15) is 11.1 Å². The second kappa shape index (κ2) is 6.38. The third-order valence-corrected chi connectivity index (χ3v) is 3.85. The molecule has 0 aromatic heterocycles. The Morgan fingerprint density at radius 2 is 2.14 bits per heavy atom. The van der Waals surface area contributed by atoms with E-state index in [0.717, 1.165) is 12.1 Å². The Balaban J connectivity index is 1.88. The summed E-state index contributed by atoms with van der Waals surface area (Å²) in [6.07, 6.45) is -4.40. The summed E-state index contributed by atoms with van der Waals surface area (Å²) in [4.78, 5) is 24.4. The van der Waals surface area contributed by atoms with Gasteiger partial charge in [0, 0.05) is 6.54 Å². The predicted molar refractivity (Wildman–Crippen MR) is 72.3 cm³/mol. The van der Waals surface area contributed by atoms with Crippen LogP contribution >= 0.6 is 11.8 Å². The van der Waals surface area contributed by atoms with Crippen LogP contribution in [0.25, 0.3) is 0 Å². The highest BCUT2D eigenvalue weighted by Crippen LogP contribution is 2.29. The van der Waals surface area contributed by atoms with Crippen molar-refractivity contribution < 1.29 is 22.8 Å². The molecule has 0 unspecified atom stereocenters. The van der Waals surface area contributed by atoms with E-state index in [-0.39, 0.29) is 24.9 Å². The molecule has 1 aliphatic rings. The molecule has 4 nitrogen and oxygen atoms in total. The highest BCUT2D eigenvalue weighted by atomic mass is 32.2. The van der Waals surface area contributed by atoms with Crippen molar-refractivity contribution in [3.05, 3.63) is 35.4 Å². The van der Waals surface area contributed by atoms with Crippen LogP contribution in [0.2, 0.25) is 0 Å². The monoisotopic (exact) mass is 318 g/mol. The van der Waals surface area contributed by atoms with Gasteiger partial charge in [-0.3, -0.25) is 9.59 Å². The molecule has 21 heavy (non-hydrogen) atoms. The van der Waals surface area contributed by atoms with Crippen molar-refractivity contribution in [2.75, 3.05) is 18.2 Å². The average molecular weight is 318 g/mol. The molecule has 1 aromatic carbocycles. The highest BCUT2D eigenvalue weighted by molar-refractivity contribution is 8.00. The molecule has 1 fully saturated rings. The van der Waals surface area contributed by atoms with Crippen LogP contribution in [0.15, 0.2) is 24.3 Å². The van der Waals surface area contributed by atoms with Gasteiger partial charge in [0.05, 0.1) is 17.2 Å². The van der Waals surface area contributed by atoms with Crippen LogP contribution in [-0.2, 0) is 22.3 Å². The summed E-state index contributed by atoms with van der Waals surface area (Å²) < 4.78 is 37.6. The summed E-state index contributed by atoms with van der Waals surface area (Å²) in [5.74, 6) is 0.342. The normalized spacial score (nSPS) is 15.4. The van der Waals surface area contributed by atoms with Crippen LogP contribution in [0.3, 0.4) is 0 Å². The first kappa shape index (κ1) is 15.7. The maximum absolute atomic E-state index is 12.5. The van der Waals surface area contributed by atoms with E-state index in [0.29, 0.717) is 17.2 Å². The van der Waals surface area contributed by atoms with Crippen molar-refractivity contribution in [2.24, 2.45) is 0 Å². The van der Waals surface area contributed by atoms with Gasteiger partial charge in [0.1, 0.15) is 6.54 Å². The van der Waals surface area contributed by atoms with E-state index in [9.17, 15) is 22.8 Å². The van der Waals surface area contributed by atoms with Crippen molar-refractivity contribution in [1.82, 2.24) is 10.2 Å². The summed E-state index contributed by atoms with van der Waals surface area (Å²) in [5.41, 5.74) is -0.388. The molecule has 0 spiro atoms. The minimum absolute atomic E-state index is 0.00206. The van der Waals surface area contributed by atoms with Crippen molar-refractivity contribution >= 4 is 23.6 Å². The number of carbonyl (C=O) groups is 2. The second-order valence-electron chi connectivity index (χ2n) is 4.54. The largest absolute Gasteiger partial charge is 0.416 e.